The Kier molecular flexibility index (Phi) is 9.06. The second-order valence-corrected chi connectivity index (χ2v) is 5.34. The van der Waals surface area contributed by atoms with Gasteiger partial charge < -0.3 is 15.8 Å². The standard InChI is InChI=1S/C16H26N2O2.ClH/c1-4-10-16(3,17)15(19)18-12-13-6-8-14(9-7-13)20-11-5-2;/h6-9H,4-5,10-12,17H2,1-3H3,(H,18,19);1H. The summed E-state index contributed by atoms with van der Waals surface area (Å²) in [6.07, 6.45) is 2.57. The first-order chi connectivity index (χ1) is 9.49. The lowest BCUT2D eigenvalue weighted by Crippen LogP contribution is -2.51. The summed E-state index contributed by atoms with van der Waals surface area (Å²) in [4.78, 5) is 12.0. The number of benzene rings is 1. The van der Waals surface area contributed by atoms with Gasteiger partial charge in [0.1, 0.15) is 5.75 Å². The first-order valence-electron chi connectivity index (χ1n) is 7.28. The van der Waals surface area contributed by atoms with Crippen molar-refractivity contribution in [3.05, 3.63) is 29.8 Å². The van der Waals surface area contributed by atoms with Crippen LogP contribution >= 0.6 is 12.4 Å². The number of amides is 1. The maximum Gasteiger partial charge on any atom is 0.240 e. The van der Waals surface area contributed by atoms with Crippen LogP contribution in [0.5, 0.6) is 5.75 Å². The topological polar surface area (TPSA) is 64.3 Å². The first kappa shape index (κ1) is 19.7. The highest BCUT2D eigenvalue weighted by atomic mass is 35.5. The van der Waals surface area contributed by atoms with Gasteiger partial charge in [-0.3, -0.25) is 4.79 Å². The van der Waals surface area contributed by atoms with Gasteiger partial charge in [0.15, 0.2) is 0 Å². The zero-order valence-electron chi connectivity index (χ0n) is 13.1. The van der Waals surface area contributed by atoms with Gasteiger partial charge in [-0.15, -0.1) is 12.4 Å². The molecular formula is C16H27ClN2O2. The minimum absolute atomic E-state index is 0. The van der Waals surface area contributed by atoms with Crippen LogP contribution in [-0.2, 0) is 11.3 Å². The lowest BCUT2D eigenvalue weighted by molar-refractivity contribution is -0.126. The summed E-state index contributed by atoms with van der Waals surface area (Å²) in [5.41, 5.74) is 6.23. The van der Waals surface area contributed by atoms with Crippen molar-refractivity contribution in [3.8, 4) is 5.75 Å². The van der Waals surface area contributed by atoms with Gasteiger partial charge in [-0.2, -0.15) is 0 Å². The molecule has 0 spiro atoms. The molecule has 0 aromatic heterocycles. The van der Waals surface area contributed by atoms with E-state index in [0.717, 1.165) is 30.8 Å². The molecule has 4 nitrogen and oxygen atoms in total. The van der Waals surface area contributed by atoms with Gasteiger partial charge in [-0.1, -0.05) is 32.4 Å². The SMILES string of the molecule is CCCOc1ccc(CNC(=O)C(C)(N)CCC)cc1.Cl. The van der Waals surface area contributed by atoms with Gasteiger partial charge >= 0.3 is 0 Å². The quantitative estimate of drug-likeness (QED) is 0.775. The van der Waals surface area contributed by atoms with E-state index in [0.29, 0.717) is 13.0 Å². The summed E-state index contributed by atoms with van der Waals surface area (Å²) in [5, 5.41) is 2.88. The zero-order valence-corrected chi connectivity index (χ0v) is 14.0. The predicted octanol–water partition coefficient (Wildman–Crippen LogP) is 3.03. The number of carbonyl (C=O) groups excluding carboxylic acids is 1. The summed E-state index contributed by atoms with van der Waals surface area (Å²) in [5.74, 6) is 0.752. The number of hydrogen-bond acceptors (Lipinski definition) is 3. The van der Waals surface area contributed by atoms with Crippen LogP contribution in [0.25, 0.3) is 0 Å². The molecule has 0 aliphatic carbocycles. The van der Waals surface area contributed by atoms with Crippen LogP contribution in [0.3, 0.4) is 0 Å². The summed E-state index contributed by atoms with van der Waals surface area (Å²) < 4.78 is 5.51. The van der Waals surface area contributed by atoms with E-state index in [1.165, 1.54) is 0 Å². The highest BCUT2D eigenvalue weighted by Gasteiger charge is 2.26. The summed E-state index contributed by atoms with van der Waals surface area (Å²) in [6, 6.07) is 7.76. The predicted molar refractivity (Wildman–Crippen MR) is 88.8 cm³/mol. The van der Waals surface area contributed by atoms with Crippen molar-refractivity contribution in [2.75, 3.05) is 6.61 Å². The largest absolute Gasteiger partial charge is 0.494 e. The van der Waals surface area contributed by atoms with E-state index in [2.05, 4.69) is 12.2 Å². The van der Waals surface area contributed by atoms with E-state index in [1.807, 2.05) is 31.2 Å². The molecule has 21 heavy (non-hydrogen) atoms. The fraction of sp³-hybridized carbons (Fsp3) is 0.562. The summed E-state index contributed by atoms with van der Waals surface area (Å²) in [7, 11) is 0. The van der Waals surface area contributed by atoms with E-state index in [4.69, 9.17) is 10.5 Å². The molecule has 5 heteroatoms. The van der Waals surface area contributed by atoms with Crippen molar-refractivity contribution in [2.24, 2.45) is 5.73 Å². The van der Waals surface area contributed by atoms with Crippen molar-refractivity contribution in [1.29, 1.82) is 0 Å². The molecule has 1 aromatic rings. The lowest BCUT2D eigenvalue weighted by atomic mass is 9.96. The van der Waals surface area contributed by atoms with Crippen molar-refractivity contribution in [3.63, 3.8) is 0 Å². The third kappa shape index (κ3) is 6.82. The molecule has 0 radical (unpaired) electrons. The number of hydrogen-bond donors (Lipinski definition) is 2. The molecule has 1 aromatic carbocycles. The molecule has 0 saturated carbocycles. The van der Waals surface area contributed by atoms with Crippen LogP contribution in [0, 0.1) is 0 Å². The molecule has 0 aliphatic heterocycles. The number of rotatable bonds is 8. The van der Waals surface area contributed by atoms with Gasteiger partial charge in [0.05, 0.1) is 12.1 Å². The number of halogens is 1. The Labute approximate surface area is 133 Å². The number of ether oxygens (including phenoxy) is 1. The van der Waals surface area contributed by atoms with Crippen molar-refractivity contribution < 1.29 is 9.53 Å². The molecule has 1 atom stereocenters. The third-order valence-corrected chi connectivity index (χ3v) is 3.14. The molecule has 3 N–H and O–H groups in total. The smallest absolute Gasteiger partial charge is 0.240 e. The Morgan fingerprint density at radius 1 is 1.24 bits per heavy atom. The molecule has 0 aliphatic rings. The molecule has 0 bridgehead atoms. The van der Waals surface area contributed by atoms with E-state index >= 15 is 0 Å². The van der Waals surface area contributed by atoms with E-state index in [9.17, 15) is 4.79 Å². The maximum atomic E-state index is 12.0. The van der Waals surface area contributed by atoms with Crippen molar-refractivity contribution >= 4 is 18.3 Å². The Balaban J connectivity index is 0.00000400. The van der Waals surface area contributed by atoms with Crippen molar-refractivity contribution in [2.45, 2.75) is 52.1 Å². The minimum Gasteiger partial charge on any atom is -0.494 e. The Morgan fingerprint density at radius 3 is 2.38 bits per heavy atom. The second-order valence-electron chi connectivity index (χ2n) is 5.34. The highest BCUT2D eigenvalue weighted by molar-refractivity contribution is 5.85. The number of nitrogens with two attached hydrogens (primary N) is 1. The molecule has 1 rings (SSSR count). The fourth-order valence-electron chi connectivity index (χ4n) is 1.94. The van der Waals surface area contributed by atoms with Gasteiger partial charge in [0.2, 0.25) is 5.91 Å². The number of nitrogens with one attached hydrogen (secondary N) is 1. The highest BCUT2D eigenvalue weighted by Crippen LogP contribution is 2.13. The van der Waals surface area contributed by atoms with E-state index in [1.54, 1.807) is 6.92 Å². The Hall–Kier alpha value is -1.26. The van der Waals surface area contributed by atoms with Gasteiger partial charge in [0, 0.05) is 6.54 Å². The van der Waals surface area contributed by atoms with Crippen LogP contribution in [0.1, 0.15) is 45.6 Å². The Morgan fingerprint density at radius 2 is 1.86 bits per heavy atom. The van der Waals surface area contributed by atoms with E-state index in [-0.39, 0.29) is 18.3 Å². The minimum atomic E-state index is -0.793. The Bertz CT molecular complexity index is 419. The second kappa shape index (κ2) is 9.64. The molecule has 0 heterocycles. The molecule has 0 fully saturated rings. The molecule has 1 unspecified atom stereocenters. The molecule has 1 amide bonds. The van der Waals surface area contributed by atoms with E-state index < -0.39 is 5.54 Å². The van der Waals surface area contributed by atoms with Crippen molar-refractivity contribution in [1.82, 2.24) is 5.32 Å². The zero-order chi connectivity index (χ0) is 15.0. The monoisotopic (exact) mass is 314 g/mol. The van der Waals surface area contributed by atoms with Crippen LogP contribution in [0.2, 0.25) is 0 Å². The van der Waals surface area contributed by atoms with Gasteiger partial charge in [-0.25, -0.2) is 0 Å². The van der Waals surface area contributed by atoms with Crippen LogP contribution < -0.4 is 15.8 Å². The lowest BCUT2D eigenvalue weighted by Gasteiger charge is -2.22. The van der Waals surface area contributed by atoms with Gasteiger partial charge in [-0.05, 0) is 37.5 Å². The number of carbonyl (C=O) groups is 1. The van der Waals surface area contributed by atoms with Gasteiger partial charge in [0.25, 0.3) is 0 Å². The molecule has 120 valence electrons. The maximum absolute atomic E-state index is 12.0. The third-order valence-electron chi connectivity index (χ3n) is 3.14. The average Bonchev–Trinajstić information content (AvgIpc) is 2.43. The molecular weight excluding hydrogens is 288 g/mol. The normalized spacial score (nSPS) is 13.0. The first-order valence-corrected chi connectivity index (χ1v) is 7.28. The summed E-state index contributed by atoms with van der Waals surface area (Å²) >= 11 is 0. The van der Waals surface area contributed by atoms with Crippen LogP contribution in [-0.4, -0.2) is 18.1 Å². The van der Waals surface area contributed by atoms with Crippen LogP contribution in [0.4, 0.5) is 0 Å². The molecule has 0 saturated heterocycles. The van der Waals surface area contributed by atoms with Crippen LogP contribution in [0.15, 0.2) is 24.3 Å². The summed E-state index contributed by atoms with van der Waals surface area (Å²) in [6.45, 7) is 7.08. The average molecular weight is 315 g/mol. The fourth-order valence-corrected chi connectivity index (χ4v) is 1.94.